The summed E-state index contributed by atoms with van der Waals surface area (Å²) in [5.74, 6) is -0.598. The highest BCUT2D eigenvalue weighted by Gasteiger charge is 2.47. The molecule has 0 saturated carbocycles. The second-order valence-electron chi connectivity index (χ2n) is 4.46. The van der Waals surface area contributed by atoms with Crippen molar-refractivity contribution in [3.05, 3.63) is 33.9 Å². The molecule has 0 aliphatic carbocycles. The van der Waals surface area contributed by atoms with Crippen LogP contribution in [0.1, 0.15) is 12.5 Å². The van der Waals surface area contributed by atoms with Crippen LogP contribution in [0.3, 0.4) is 0 Å². The average molecular weight is 290 g/mol. The molecular weight excluding hydrogens is 281 g/mol. The highest BCUT2D eigenvalue weighted by Crippen LogP contribution is 2.38. The molecule has 1 saturated heterocycles. The van der Waals surface area contributed by atoms with Crippen LogP contribution in [0.15, 0.2) is 18.2 Å². The predicted octanol–water partition coefficient (Wildman–Crippen LogP) is 2.34. The van der Waals surface area contributed by atoms with Gasteiger partial charge >= 0.3 is 6.18 Å². The molecule has 6 nitrogen and oxygen atoms in total. The molecule has 1 N–H and O–H groups in total. The summed E-state index contributed by atoms with van der Waals surface area (Å²) in [4.78, 5) is 21.1. The number of epoxide rings is 1. The normalized spacial score (nSPS) is 21.4. The summed E-state index contributed by atoms with van der Waals surface area (Å²) >= 11 is 0. The molecule has 108 valence electrons. The molecular formula is C11H9F3N2O4. The van der Waals surface area contributed by atoms with E-state index in [1.54, 1.807) is 0 Å². The summed E-state index contributed by atoms with van der Waals surface area (Å²) in [7, 11) is 0. The van der Waals surface area contributed by atoms with Crippen LogP contribution in [0, 0.1) is 10.1 Å². The minimum Gasteiger partial charge on any atom is -0.359 e. The van der Waals surface area contributed by atoms with Crippen molar-refractivity contribution in [2.24, 2.45) is 0 Å². The van der Waals surface area contributed by atoms with Crippen molar-refractivity contribution in [1.82, 2.24) is 0 Å². The number of ether oxygens (including phenoxy) is 1. The minimum absolute atomic E-state index is 0.176. The van der Waals surface area contributed by atoms with E-state index < -0.39 is 33.9 Å². The molecule has 1 aromatic rings. The van der Waals surface area contributed by atoms with E-state index in [4.69, 9.17) is 4.74 Å². The number of halogens is 3. The monoisotopic (exact) mass is 290 g/mol. The van der Waals surface area contributed by atoms with Crippen molar-refractivity contribution >= 4 is 17.3 Å². The maximum Gasteiger partial charge on any atom is 0.423 e. The average Bonchev–Trinajstić information content (AvgIpc) is 3.07. The van der Waals surface area contributed by atoms with Gasteiger partial charge in [-0.2, -0.15) is 13.2 Å². The van der Waals surface area contributed by atoms with Crippen LogP contribution in [-0.2, 0) is 15.7 Å². The first-order chi connectivity index (χ1) is 9.13. The van der Waals surface area contributed by atoms with Crippen LogP contribution < -0.4 is 5.32 Å². The third kappa shape index (κ3) is 2.72. The molecule has 2 rings (SSSR count). The molecule has 1 amide bonds. The van der Waals surface area contributed by atoms with E-state index in [2.05, 4.69) is 5.32 Å². The van der Waals surface area contributed by atoms with Gasteiger partial charge < -0.3 is 10.1 Å². The molecule has 1 aliphatic heterocycles. The fourth-order valence-electron chi connectivity index (χ4n) is 1.50. The number of carbonyl (C=O) groups is 1. The van der Waals surface area contributed by atoms with Gasteiger partial charge in [-0.1, -0.05) is 0 Å². The van der Waals surface area contributed by atoms with E-state index in [9.17, 15) is 28.1 Å². The Morgan fingerprint density at radius 1 is 1.50 bits per heavy atom. The first-order valence-corrected chi connectivity index (χ1v) is 5.44. The Balaban J connectivity index is 2.32. The molecule has 0 spiro atoms. The van der Waals surface area contributed by atoms with E-state index in [0.29, 0.717) is 12.1 Å². The topological polar surface area (TPSA) is 84.8 Å². The Morgan fingerprint density at radius 3 is 2.55 bits per heavy atom. The Morgan fingerprint density at radius 2 is 2.10 bits per heavy atom. The van der Waals surface area contributed by atoms with Gasteiger partial charge in [0.05, 0.1) is 11.5 Å². The largest absolute Gasteiger partial charge is 0.423 e. The van der Waals surface area contributed by atoms with Crippen LogP contribution >= 0.6 is 0 Å². The number of alkyl halides is 3. The summed E-state index contributed by atoms with van der Waals surface area (Å²) < 4.78 is 43.0. The number of hydrogen-bond acceptors (Lipinski definition) is 4. The first kappa shape index (κ1) is 14.3. The smallest absolute Gasteiger partial charge is 0.359 e. The number of nitrogens with one attached hydrogen (secondary N) is 1. The highest BCUT2D eigenvalue weighted by atomic mass is 19.4. The van der Waals surface area contributed by atoms with E-state index >= 15 is 0 Å². The molecule has 1 heterocycles. The third-order valence-electron chi connectivity index (χ3n) is 2.81. The maximum absolute atomic E-state index is 12.7. The number of nitrogens with zero attached hydrogens (tertiary/aromatic N) is 1. The van der Waals surface area contributed by atoms with Gasteiger partial charge in [0.15, 0.2) is 5.60 Å². The number of rotatable bonds is 3. The van der Waals surface area contributed by atoms with E-state index in [-0.39, 0.29) is 12.3 Å². The zero-order chi connectivity index (χ0) is 15.1. The highest BCUT2D eigenvalue weighted by molar-refractivity contribution is 5.98. The number of nitro benzene ring substituents is 1. The zero-order valence-corrected chi connectivity index (χ0v) is 10.2. The molecule has 0 bridgehead atoms. The van der Waals surface area contributed by atoms with Crippen molar-refractivity contribution in [2.75, 3.05) is 11.9 Å². The fraction of sp³-hybridized carbons (Fsp3) is 0.364. The van der Waals surface area contributed by atoms with Crippen LogP contribution in [0.4, 0.5) is 24.5 Å². The maximum atomic E-state index is 12.7. The van der Waals surface area contributed by atoms with Crippen LogP contribution in [0.2, 0.25) is 0 Å². The van der Waals surface area contributed by atoms with Gasteiger partial charge in [0.2, 0.25) is 0 Å². The minimum atomic E-state index is -4.89. The van der Waals surface area contributed by atoms with Crippen LogP contribution in [0.25, 0.3) is 0 Å². The van der Waals surface area contributed by atoms with Crippen molar-refractivity contribution in [3.63, 3.8) is 0 Å². The first-order valence-electron chi connectivity index (χ1n) is 5.44. The lowest BCUT2D eigenvalue weighted by Crippen LogP contribution is -2.28. The van der Waals surface area contributed by atoms with Crippen molar-refractivity contribution in [2.45, 2.75) is 18.7 Å². The van der Waals surface area contributed by atoms with E-state index in [1.807, 2.05) is 0 Å². The summed E-state index contributed by atoms with van der Waals surface area (Å²) in [6.07, 6.45) is -4.89. The molecule has 1 fully saturated rings. The molecule has 0 radical (unpaired) electrons. The molecule has 1 aromatic carbocycles. The molecule has 1 aliphatic rings. The second-order valence-corrected chi connectivity index (χ2v) is 4.46. The molecule has 1 unspecified atom stereocenters. The third-order valence-corrected chi connectivity index (χ3v) is 2.81. The Kier molecular flexibility index (Phi) is 3.17. The van der Waals surface area contributed by atoms with Gasteiger partial charge in [-0.15, -0.1) is 0 Å². The number of amides is 1. The number of carbonyl (C=O) groups excluding carboxylic acids is 1. The van der Waals surface area contributed by atoms with Crippen molar-refractivity contribution in [3.8, 4) is 0 Å². The zero-order valence-electron chi connectivity index (χ0n) is 10.2. The second kappa shape index (κ2) is 4.44. The lowest BCUT2D eigenvalue weighted by atomic mass is 10.1. The number of anilines is 1. The van der Waals surface area contributed by atoms with Gasteiger partial charge in [0.25, 0.3) is 11.6 Å². The summed E-state index contributed by atoms with van der Waals surface area (Å²) in [5, 5.41) is 12.8. The Labute approximate surface area is 110 Å². The van der Waals surface area contributed by atoms with E-state index in [0.717, 1.165) is 6.07 Å². The number of nitro groups is 1. The Hall–Kier alpha value is -2.16. The van der Waals surface area contributed by atoms with Gasteiger partial charge in [0.1, 0.15) is 5.56 Å². The summed E-state index contributed by atoms with van der Waals surface area (Å²) in [5.41, 5.74) is -3.70. The number of benzene rings is 1. The lowest BCUT2D eigenvalue weighted by molar-refractivity contribution is -0.388. The fourth-order valence-corrected chi connectivity index (χ4v) is 1.50. The lowest BCUT2D eigenvalue weighted by Gasteiger charge is -2.11. The quantitative estimate of drug-likeness (QED) is 0.526. The molecule has 20 heavy (non-hydrogen) atoms. The number of hydrogen-bond donors (Lipinski definition) is 1. The Bertz CT molecular complexity index is 582. The molecule has 1 atom stereocenters. The summed E-state index contributed by atoms with van der Waals surface area (Å²) in [6.45, 7) is 1.66. The standard InChI is InChI=1S/C11H9F3N2O4/c1-10(5-20-10)9(17)15-6-2-3-8(16(18)19)7(4-6)11(12,13)14/h2-4H,5H2,1H3,(H,15,17). The predicted molar refractivity (Wildman–Crippen MR) is 61.1 cm³/mol. The van der Waals surface area contributed by atoms with Crippen LogP contribution in [0.5, 0.6) is 0 Å². The van der Waals surface area contributed by atoms with Gasteiger partial charge in [0, 0.05) is 11.8 Å². The van der Waals surface area contributed by atoms with Crippen molar-refractivity contribution < 1.29 is 27.6 Å². The van der Waals surface area contributed by atoms with Gasteiger partial charge in [-0.25, -0.2) is 0 Å². The SMILES string of the molecule is CC1(C(=O)Nc2ccc([N+](=O)[O-])c(C(F)(F)F)c2)CO1. The summed E-state index contributed by atoms with van der Waals surface area (Å²) in [6, 6.07) is 2.27. The van der Waals surface area contributed by atoms with Crippen LogP contribution in [-0.4, -0.2) is 23.0 Å². The van der Waals surface area contributed by atoms with E-state index in [1.165, 1.54) is 6.92 Å². The van der Waals surface area contributed by atoms with Gasteiger partial charge in [-0.05, 0) is 19.1 Å². The molecule has 9 heteroatoms. The van der Waals surface area contributed by atoms with Crippen molar-refractivity contribution in [1.29, 1.82) is 0 Å². The van der Waals surface area contributed by atoms with Gasteiger partial charge in [-0.3, -0.25) is 14.9 Å². The molecule has 0 aromatic heterocycles.